The van der Waals surface area contributed by atoms with E-state index in [-0.39, 0.29) is 18.8 Å². The lowest BCUT2D eigenvalue weighted by Gasteiger charge is -2.18. The molecule has 0 aliphatic rings. The smallest absolute Gasteiger partial charge is 0.0809 e. The second-order valence-corrected chi connectivity index (χ2v) is 3.01. The molecule has 74 valence electrons. The molecule has 12 heavy (non-hydrogen) atoms. The Kier molecular flexibility index (Phi) is 7.45. The van der Waals surface area contributed by atoms with E-state index in [0.29, 0.717) is 13.2 Å². The van der Waals surface area contributed by atoms with Crippen molar-refractivity contribution in [3.05, 3.63) is 0 Å². The van der Waals surface area contributed by atoms with Crippen molar-refractivity contribution in [2.75, 3.05) is 19.8 Å². The number of aliphatic hydroxyl groups is 1. The molecule has 1 unspecified atom stereocenters. The monoisotopic (exact) mass is 176 g/mol. The zero-order valence-electron chi connectivity index (χ0n) is 8.25. The molecule has 0 bridgehead atoms. The van der Waals surface area contributed by atoms with Gasteiger partial charge in [0.25, 0.3) is 0 Å². The van der Waals surface area contributed by atoms with Crippen LogP contribution in [-0.4, -0.2) is 37.1 Å². The summed E-state index contributed by atoms with van der Waals surface area (Å²) in [6, 6.07) is 0. The summed E-state index contributed by atoms with van der Waals surface area (Å²) in [5.74, 6) is 0. The Balaban J connectivity index is 3.39. The molecule has 1 atom stereocenters. The second kappa shape index (κ2) is 7.53. The van der Waals surface area contributed by atoms with Crippen molar-refractivity contribution in [3.8, 4) is 0 Å². The summed E-state index contributed by atoms with van der Waals surface area (Å²) in [6.07, 6.45) is 1.35. The highest BCUT2D eigenvalue weighted by Gasteiger charge is 2.07. The third-order valence-corrected chi connectivity index (χ3v) is 1.46. The van der Waals surface area contributed by atoms with Crippen LogP contribution in [0.25, 0.3) is 0 Å². The van der Waals surface area contributed by atoms with Gasteiger partial charge in [0.05, 0.1) is 32.0 Å². The van der Waals surface area contributed by atoms with Gasteiger partial charge >= 0.3 is 0 Å². The van der Waals surface area contributed by atoms with Crippen LogP contribution in [0.4, 0.5) is 0 Å². The molecule has 3 nitrogen and oxygen atoms in total. The van der Waals surface area contributed by atoms with Gasteiger partial charge in [-0.1, -0.05) is 6.92 Å². The van der Waals surface area contributed by atoms with Crippen LogP contribution in [0.1, 0.15) is 27.2 Å². The highest BCUT2D eigenvalue weighted by atomic mass is 16.5. The van der Waals surface area contributed by atoms with Crippen LogP contribution in [0.3, 0.4) is 0 Å². The largest absolute Gasteiger partial charge is 0.394 e. The molecule has 0 aromatic rings. The zero-order chi connectivity index (χ0) is 9.40. The third kappa shape index (κ3) is 6.58. The summed E-state index contributed by atoms with van der Waals surface area (Å²) < 4.78 is 10.7. The van der Waals surface area contributed by atoms with E-state index in [1.165, 1.54) is 0 Å². The van der Waals surface area contributed by atoms with Crippen LogP contribution in [0.2, 0.25) is 0 Å². The Morgan fingerprint density at radius 1 is 1.33 bits per heavy atom. The average molecular weight is 176 g/mol. The Morgan fingerprint density at radius 3 is 2.42 bits per heavy atom. The third-order valence-electron chi connectivity index (χ3n) is 1.46. The van der Waals surface area contributed by atoms with Gasteiger partial charge in [-0.15, -0.1) is 0 Å². The summed E-state index contributed by atoms with van der Waals surface area (Å²) in [4.78, 5) is 0. The van der Waals surface area contributed by atoms with Gasteiger partial charge in [0.2, 0.25) is 0 Å². The Morgan fingerprint density at radius 2 is 2.00 bits per heavy atom. The maximum Gasteiger partial charge on any atom is 0.0809 e. The van der Waals surface area contributed by atoms with Crippen molar-refractivity contribution in [2.45, 2.75) is 39.4 Å². The minimum Gasteiger partial charge on any atom is -0.394 e. The van der Waals surface area contributed by atoms with Crippen LogP contribution in [0.5, 0.6) is 0 Å². The minimum atomic E-state index is 0.0815. The molecule has 0 rings (SSSR count). The first kappa shape index (κ1) is 11.9. The number of ether oxygens (including phenoxy) is 2. The molecule has 0 heterocycles. The van der Waals surface area contributed by atoms with E-state index in [1.54, 1.807) is 0 Å². The van der Waals surface area contributed by atoms with Gasteiger partial charge in [0.1, 0.15) is 0 Å². The predicted molar refractivity (Wildman–Crippen MR) is 48.2 cm³/mol. The van der Waals surface area contributed by atoms with Gasteiger partial charge < -0.3 is 14.6 Å². The molecule has 0 aromatic carbocycles. The number of hydrogen-bond donors (Lipinski definition) is 1. The molecule has 0 saturated carbocycles. The van der Waals surface area contributed by atoms with Gasteiger partial charge in [-0.2, -0.15) is 0 Å². The van der Waals surface area contributed by atoms with E-state index in [2.05, 4.69) is 6.92 Å². The molecule has 0 aliphatic heterocycles. The summed E-state index contributed by atoms with van der Waals surface area (Å²) in [5, 5.41) is 8.47. The summed E-state index contributed by atoms with van der Waals surface area (Å²) >= 11 is 0. The van der Waals surface area contributed by atoms with Gasteiger partial charge in [-0.3, -0.25) is 0 Å². The van der Waals surface area contributed by atoms with E-state index >= 15 is 0 Å². The van der Waals surface area contributed by atoms with Crippen LogP contribution < -0.4 is 0 Å². The second-order valence-electron chi connectivity index (χ2n) is 3.01. The minimum absolute atomic E-state index is 0.0815. The molecule has 0 aromatic heterocycles. The first-order valence-corrected chi connectivity index (χ1v) is 4.54. The van der Waals surface area contributed by atoms with Crippen molar-refractivity contribution < 1.29 is 14.6 Å². The van der Waals surface area contributed by atoms with E-state index < -0.39 is 0 Å². The Hall–Kier alpha value is -0.120. The molecule has 0 radical (unpaired) electrons. The number of rotatable bonds is 7. The van der Waals surface area contributed by atoms with Gasteiger partial charge in [-0.25, -0.2) is 0 Å². The normalized spacial score (nSPS) is 13.8. The highest BCUT2D eigenvalue weighted by molar-refractivity contribution is 4.55. The first-order chi connectivity index (χ1) is 5.70. The van der Waals surface area contributed by atoms with Crippen molar-refractivity contribution in [2.24, 2.45) is 0 Å². The maximum absolute atomic E-state index is 8.47. The molecule has 0 amide bonds. The first-order valence-electron chi connectivity index (χ1n) is 4.54. The van der Waals surface area contributed by atoms with Crippen LogP contribution in [0.15, 0.2) is 0 Å². The summed E-state index contributed by atoms with van der Waals surface area (Å²) in [6.45, 7) is 7.14. The number of hydrogen-bond acceptors (Lipinski definition) is 3. The molecule has 0 spiro atoms. The maximum atomic E-state index is 8.47. The van der Waals surface area contributed by atoms with Crippen LogP contribution in [0, 0.1) is 0 Å². The van der Waals surface area contributed by atoms with E-state index in [1.807, 2.05) is 13.8 Å². The molecular weight excluding hydrogens is 156 g/mol. The fourth-order valence-corrected chi connectivity index (χ4v) is 0.918. The van der Waals surface area contributed by atoms with E-state index in [4.69, 9.17) is 14.6 Å². The molecule has 1 N–H and O–H groups in total. The topological polar surface area (TPSA) is 38.7 Å². The van der Waals surface area contributed by atoms with Crippen LogP contribution in [-0.2, 0) is 9.47 Å². The Labute approximate surface area is 74.7 Å². The predicted octanol–water partition coefficient (Wildman–Crippen LogP) is 1.20. The summed E-state index contributed by atoms with van der Waals surface area (Å²) in [7, 11) is 0. The number of aliphatic hydroxyl groups excluding tert-OH is 1. The van der Waals surface area contributed by atoms with E-state index in [0.717, 1.165) is 6.42 Å². The van der Waals surface area contributed by atoms with Gasteiger partial charge in [0, 0.05) is 0 Å². The molecule has 3 heteroatoms. The standard InChI is InChI=1S/C9H20O3/c1-4-9(12-8(2)3)7-11-6-5-10/h8-10H,4-7H2,1-3H3. The van der Waals surface area contributed by atoms with Crippen LogP contribution >= 0.6 is 0 Å². The van der Waals surface area contributed by atoms with Gasteiger partial charge in [-0.05, 0) is 20.3 Å². The lowest BCUT2D eigenvalue weighted by atomic mass is 10.3. The average Bonchev–Trinajstić information content (AvgIpc) is 2.02. The van der Waals surface area contributed by atoms with Crippen molar-refractivity contribution in [3.63, 3.8) is 0 Å². The Bertz CT molecular complexity index is 93.8. The zero-order valence-corrected chi connectivity index (χ0v) is 8.25. The molecule has 0 saturated heterocycles. The lowest BCUT2D eigenvalue weighted by Crippen LogP contribution is -2.23. The molecule has 0 aliphatic carbocycles. The molecule has 0 fully saturated rings. The fraction of sp³-hybridized carbons (Fsp3) is 1.00. The summed E-state index contributed by atoms with van der Waals surface area (Å²) in [5.41, 5.74) is 0. The van der Waals surface area contributed by atoms with Crippen molar-refractivity contribution >= 4 is 0 Å². The highest BCUT2D eigenvalue weighted by Crippen LogP contribution is 2.02. The lowest BCUT2D eigenvalue weighted by molar-refractivity contribution is -0.0502. The SMILES string of the molecule is CCC(COCCO)OC(C)C. The quantitative estimate of drug-likeness (QED) is 0.592. The van der Waals surface area contributed by atoms with Crippen molar-refractivity contribution in [1.29, 1.82) is 0 Å². The fourth-order valence-electron chi connectivity index (χ4n) is 0.918. The molecular formula is C9H20O3. The van der Waals surface area contributed by atoms with Crippen molar-refractivity contribution in [1.82, 2.24) is 0 Å². The van der Waals surface area contributed by atoms with E-state index in [9.17, 15) is 0 Å². The van der Waals surface area contributed by atoms with Gasteiger partial charge in [0.15, 0.2) is 0 Å².